The molecule has 0 spiro atoms. The lowest BCUT2D eigenvalue weighted by atomic mass is 10.0. The third-order valence-electron chi connectivity index (χ3n) is 7.08. The molecule has 0 aliphatic heterocycles. The average Bonchev–Trinajstić information content (AvgIpc) is 3.83. The zero-order chi connectivity index (χ0) is 28.2. The van der Waals surface area contributed by atoms with Gasteiger partial charge in [0.05, 0.1) is 37.2 Å². The second-order valence-corrected chi connectivity index (χ2v) is 9.80. The second-order valence-electron chi connectivity index (χ2n) is 9.80. The summed E-state index contributed by atoms with van der Waals surface area (Å²) in [7, 11) is 3.20. The molecule has 0 radical (unpaired) electrons. The van der Waals surface area contributed by atoms with Gasteiger partial charge in [0.2, 0.25) is 5.91 Å². The van der Waals surface area contributed by atoms with E-state index in [9.17, 15) is 9.18 Å². The van der Waals surface area contributed by atoms with Crippen molar-refractivity contribution in [3.8, 4) is 28.4 Å². The highest BCUT2D eigenvalue weighted by Gasteiger charge is 2.30. The minimum Gasteiger partial charge on any atom is -0.495 e. The number of rotatable bonds is 11. The first-order valence-electron chi connectivity index (χ1n) is 13.5. The van der Waals surface area contributed by atoms with Gasteiger partial charge in [0, 0.05) is 17.4 Å². The number of aromatic nitrogens is 2. The van der Waals surface area contributed by atoms with Crippen molar-refractivity contribution in [2.75, 3.05) is 24.9 Å². The van der Waals surface area contributed by atoms with Crippen molar-refractivity contribution in [2.45, 2.75) is 45.6 Å². The Balaban J connectivity index is 1.50. The van der Waals surface area contributed by atoms with Gasteiger partial charge in [-0.1, -0.05) is 26.0 Å². The van der Waals surface area contributed by atoms with Gasteiger partial charge in [-0.3, -0.25) is 4.79 Å². The minimum absolute atomic E-state index is 0.0248. The van der Waals surface area contributed by atoms with Gasteiger partial charge in [0.1, 0.15) is 23.7 Å². The fraction of sp³-hybridized carbons (Fsp3) is 0.323. The van der Waals surface area contributed by atoms with Crippen LogP contribution in [-0.4, -0.2) is 36.2 Å². The standard InChI is InChI=1S/C31H33FN4O4/c1-5-21(6-2)40-29-15-22-24(16-28(29)39-4)33-17-34-30(22)35-26-14-20(10-12-27(26)38-3)19-9-11-23(32)25(13-19)36-31(37)18-7-8-18/h9-18,21H,5-8H2,1-4H3,(H,36,37)(H,33,34,35). The van der Waals surface area contributed by atoms with Gasteiger partial charge < -0.3 is 24.8 Å². The van der Waals surface area contributed by atoms with Crippen LogP contribution in [0.25, 0.3) is 22.0 Å². The number of methoxy groups -OCH3 is 2. The number of halogens is 1. The zero-order valence-corrected chi connectivity index (χ0v) is 23.1. The lowest BCUT2D eigenvalue weighted by molar-refractivity contribution is -0.117. The van der Waals surface area contributed by atoms with Crippen LogP contribution in [0.1, 0.15) is 39.5 Å². The summed E-state index contributed by atoms with van der Waals surface area (Å²) in [6.45, 7) is 4.17. The summed E-state index contributed by atoms with van der Waals surface area (Å²) < 4.78 is 31.9. The lowest BCUT2D eigenvalue weighted by Gasteiger charge is -2.19. The second kappa shape index (κ2) is 11.8. The van der Waals surface area contributed by atoms with Gasteiger partial charge in [0.15, 0.2) is 11.5 Å². The van der Waals surface area contributed by atoms with E-state index < -0.39 is 5.82 Å². The quantitative estimate of drug-likeness (QED) is 0.208. The molecule has 4 aromatic rings. The number of benzene rings is 3. The number of carbonyl (C=O) groups excluding carboxylic acids is 1. The van der Waals surface area contributed by atoms with E-state index in [1.165, 1.54) is 12.4 Å². The average molecular weight is 545 g/mol. The highest BCUT2D eigenvalue weighted by molar-refractivity contribution is 5.95. The molecule has 1 heterocycles. The summed E-state index contributed by atoms with van der Waals surface area (Å²) in [5, 5.41) is 6.86. The number of hydrogen-bond donors (Lipinski definition) is 2. The summed E-state index contributed by atoms with van der Waals surface area (Å²) in [5.74, 6) is 1.74. The molecule has 9 heteroatoms. The molecule has 0 atom stereocenters. The largest absolute Gasteiger partial charge is 0.495 e. The first-order chi connectivity index (χ1) is 19.4. The molecule has 1 aliphatic carbocycles. The van der Waals surface area contributed by atoms with Gasteiger partial charge >= 0.3 is 0 Å². The first kappa shape index (κ1) is 27.2. The van der Waals surface area contributed by atoms with Crippen LogP contribution >= 0.6 is 0 Å². The molecule has 0 unspecified atom stereocenters. The molecule has 1 saturated carbocycles. The molecule has 2 N–H and O–H groups in total. The number of hydrogen-bond acceptors (Lipinski definition) is 7. The molecule has 8 nitrogen and oxygen atoms in total. The van der Waals surface area contributed by atoms with Crippen molar-refractivity contribution in [3.05, 3.63) is 60.7 Å². The van der Waals surface area contributed by atoms with Crippen molar-refractivity contribution in [1.82, 2.24) is 9.97 Å². The van der Waals surface area contributed by atoms with Gasteiger partial charge in [-0.05, 0) is 67.1 Å². The Morgan fingerprint density at radius 2 is 1.62 bits per heavy atom. The van der Waals surface area contributed by atoms with Crippen molar-refractivity contribution < 1.29 is 23.4 Å². The first-order valence-corrected chi connectivity index (χ1v) is 13.5. The third-order valence-corrected chi connectivity index (χ3v) is 7.08. The van der Waals surface area contributed by atoms with E-state index in [0.717, 1.165) is 42.2 Å². The summed E-state index contributed by atoms with van der Waals surface area (Å²) in [4.78, 5) is 21.2. The van der Waals surface area contributed by atoms with Crippen LogP contribution in [0.4, 0.5) is 21.6 Å². The number of nitrogens with zero attached hydrogens (tertiary/aromatic N) is 2. The SMILES string of the molecule is CCC(CC)Oc1cc2c(Nc3cc(-c4ccc(F)c(NC(=O)C5CC5)c4)ccc3OC)ncnc2cc1OC. The highest BCUT2D eigenvalue weighted by Crippen LogP contribution is 2.39. The predicted molar refractivity (Wildman–Crippen MR) is 154 cm³/mol. The topological polar surface area (TPSA) is 94.6 Å². The van der Waals surface area contributed by atoms with E-state index in [1.807, 2.05) is 30.3 Å². The summed E-state index contributed by atoms with van der Waals surface area (Å²) in [6.07, 6.45) is 4.96. The van der Waals surface area contributed by atoms with Crippen LogP contribution in [0, 0.1) is 11.7 Å². The van der Waals surface area contributed by atoms with Gasteiger partial charge in [-0.25, -0.2) is 14.4 Å². The summed E-state index contributed by atoms with van der Waals surface area (Å²) >= 11 is 0. The van der Waals surface area contributed by atoms with Gasteiger partial charge in [-0.15, -0.1) is 0 Å². The smallest absolute Gasteiger partial charge is 0.227 e. The molecule has 0 bridgehead atoms. The molecule has 208 valence electrons. The number of carbonyl (C=O) groups is 1. The predicted octanol–water partition coefficient (Wildman–Crippen LogP) is 7.11. The third kappa shape index (κ3) is 5.78. The fourth-order valence-corrected chi connectivity index (χ4v) is 4.54. The van der Waals surface area contributed by atoms with Crippen molar-refractivity contribution in [3.63, 3.8) is 0 Å². The monoisotopic (exact) mass is 544 g/mol. The van der Waals surface area contributed by atoms with E-state index in [1.54, 1.807) is 26.4 Å². The Labute approximate surface area is 232 Å². The maximum absolute atomic E-state index is 14.5. The van der Waals surface area contributed by atoms with E-state index in [2.05, 4.69) is 34.4 Å². The van der Waals surface area contributed by atoms with Crippen LogP contribution in [0.3, 0.4) is 0 Å². The molecule has 40 heavy (non-hydrogen) atoms. The summed E-state index contributed by atoms with van der Waals surface area (Å²) in [6, 6.07) is 14.0. The van der Waals surface area contributed by atoms with Crippen molar-refractivity contribution in [1.29, 1.82) is 0 Å². The zero-order valence-electron chi connectivity index (χ0n) is 23.1. The fourth-order valence-electron chi connectivity index (χ4n) is 4.54. The molecule has 1 aromatic heterocycles. The van der Waals surface area contributed by atoms with E-state index in [4.69, 9.17) is 14.2 Å². The van der Waals surface area contributed by atoms with Gasteiger partial charge in [-0.2, -0.15) is 0 Å². The Hall–Kier alpha value is -4.40. The van der Waals surface area contributed by atoms with Crippen LogP contribution in [-0.2, 0) is 4.79 Å². The number of anilines is 3. The number of amides is 1. The van der Waals surface area contributed by atoms with Gasteiger partial charge in [0.25, 0.3) is 0 Å². The number of nitrogens with one attached hydrogen (secondary N) is 2. The maximum atomic E-state index is 14.5. The molecular formula is C31H33FN4O4. The molecule has 3 aromatic carbocycles. The van der Waals surface area contributed by atoms with E-state index in [0.29, 0.717) is 34.3 Å². The highest BCUT2D eigenvalue weighted by atomic mass is 19.1. The van der Waals surface area contributed by atoms with Crippen LogP contribution in [0.15, 0.2) is 54.9 Å². The molecule has 1 fully saturated rings. The Kier molecular flexibility index (Phi) is 8.00. The van der Waals surface area contributed by atoms with Crippen LogP contribution < -0.4 is 24.8 Å². The van der Waals surface area contributed by atoms with Crippen LogP contribution in [0.2, 0.25) is 0 Å². The van der Waals surface area contributed by atoms with Crippen molar-refractivity contribution >= 4 is 34.0 Å². The molecule has 5 rings (SSSR count). The maximum Gasteiger partial charge on any atom is 0.227 e. The Morgan fingerprint density at radius 3 is 2.30 bits per heavy atom. The molecule has 1 amide bonds. The Morgan fingerprint density at radius 1 is 0.925 bits per heavy atom. The molecule has 1 aliphatic rings. The number of fused-ring (bicyclic) bond motifs is 1. The minimum atomic E-state index is -0.473. The molecular weight excluding hydrogens is 511 g/mol. The van der Waals surface area contributed by atoms with Crippen LogP contribution in [0.5, 0.6) is 17.2 Å². The summed E-state index contributed by atoms with van der Waals surface area (Å²) in [5.41, 5.74) is 3.07. The number of ether oxygens (including phenoxy) is 3. The van der Waals surface area contributed by atoms with Crippen molar-refractivity contribution in [2.24, 2.45) is 5.92 Å². The molecule has 0 saturated heterocycles. The normalized spacial score (nSPS) is 12.8. The van der Waals surface area contributed by atoms with E-state index >= 15 is 0 Å². The lowest BCUT2D eigenvalue weighted by Crippen LogP contribution is -2.14. The van der Waals surface area contributed by atoms with E-state index in [-0.39, 0.29) is 23.6 Å². The Bertz CT molecular complexity index is 1540.